The van der Waals surface area contributed by atoms with Gasteiger partial charge in [0.2, 0.25) is 0 Å². The van der Waals surface area contributed by atoms with Crippen molar-refractivity contribution in [2.45, 2.75) is 19.3 Å². The molecule has 0 bridgehead atoms. The third kappa shape index (κ3) is 3.60. The summed E-state index contributed by atoms with van der Waals surface area (Å²) in [4.78, 5) is 0. The quantitative estimate of drug-likeness (QED) is 0.129. The molecule has 0 amide bonds. The summed E-state index contributed by atoms with van der Waals surface area (Å²) in [6, 6.07) is 59.0. The van der Waals surface area contributed by atoms with Crippen LogP contribution in [0.4, 0.5) is 0 Å². The zero-order chi connectivity index (χ0) is 33.1. The first-order valence-electron chi connectivity index (χ1n) is 17.5. The van der Waals surface area contributed by atoms with Crippen LogP contribution in [-0.2, 0) is 5.41 Å². The standard InChI is InChI=1S/C49H32S/c1-49(2)46-39(25-14-26-40(46)45-32-18-5-3-15-29(32)30-16-4-10-23-37(30)47(45)49)43-33-19-6-8-21-35(33)44(36-22-9-7-20-34(36)43)41-27-13-24-38-31-17-11-12-28-42(31)50-48(38)41/h3-28H,1-2H3. The summed E-state index contributed by atoms with van der Waals surface area (Å²) in [7, 11) is 0. The molecule has 0 aliphatic heterocycles. The summed E-state index contributed by atoms with van der Waals surface area (Å²) in [5.41, 5.74) is 10.7. The first-order valence-corrected chi connectivity index (χ1v) is 18.3. The predicted octanol–water partition coefficient (Wildman–Crippen LogP) is 14.3. The third-order valence-electron chi connectivity index (χ3n) is 11.4. The van der Waals surface area contributed by atoms with E-state index >= 15 is 0 Å². The summed E-state index contributed by atoms with van der Waals surface area (Å²) < 4.78 is 2.69. The SMILES string of the molecule is CC1(C)c2c(-c3c4ccccc4c(-c4cccc5c4sc4ccccc45)c4ccccc34)cccc2-c2c1c1ccccc1c1ccccc21. The lowest BCUT2D eigenvalue weighted by Crippen LogP contribution is -2.17. The molecule has 0 atom stereocenters. The number of thiophene rings is 1. The van der Waals surface area contributed by atoms with Gasteiger partial charge in [-0.1, -0.05) is 166 Å². The minimum absolute atomic E-state index is 0.214. The van der Waals surface area contributed by atoms with Crippen LogP contribution >= 0.6 is 11.3 Å². The van der Waals surface area contributed by atoms with Gasteiger partial charge in [0.25, 0.3) is 0 Å². The van der Waals surface area contributed by atoms with Crippen molar-refractivity contribution in [3.8, 4) is 33.4 Å². The van der Waals surface area contributed by atoms with Crippen molar-refractivity contribution in [1.29, 1.82) is 0 Å². The number of rotatable bonds is 2. The first-order chi connectivity index (χ1) is 24.6. The van der Waals surface area contributed by atoms with Gasteiger partial charge in [-0.05, 0) is 88.1 Å². The van der Waals surface area contributed by atoms with Gasteiger partial charge in [-0.15, -0.1) is 11.3 Å². The largest absolute Gasteiger partial charge is 0.135 e. The summed E-state index contributed by atoms with van der Waals surface area (Å²) in [6.07, 6.45) is 0. The third-order valence-corrected chi connectivity index (χ3v) is 12.6. The van der Waals surface area contributed by atoms with Crippen molar-refractivity contribution in [2.24, 2.45) is 0 Å². The van der Waals surface area contributed by atoms with E-state index in [0.29, 0.717) is 0 Å². The summed E-state index contributed by atoms with van der Waals surface area (Å²) >= 11 is 1.91. The molecule has 0 unspecified atom stereocenters. The fourth-order valence-electron chi connectivity index (χ4n) is 9.49. The average Bonchev–Trinajstić information content (AvgIpc) is 3.66. The molecule has 10 aromatic rings. The van der Waals surface area contributed by atoms with Gasteiger partial charge in [0, 0.05) is 31.2 Å². The van der Waals surface area contributed by atoms with Gasteiger partial charge in [0.05, 0.1) is 0 Å². The van der Waals surface area contributed by atoms with E-state index in [1.165, 1.54) is 108 Å². The zero-order valence-corrected chi connectivity index (χ0v) is 28.7. The van der Waals surface area contributed by atoms with E-state index in [1.807, 2.05) is 11.3 Å². The Morgan fingerprint density at radius 3 is 1.34 bits per heavy atom. The van der Waals surface area contributed by atoms with E-state index in [0.717, 1.165) is 0 Å². The molecule has 11 rings (SSSR count). The maximum atomic E-state index is 2.45. The number of hydrogen-bond donors (Lipinski definition) is 0. The Bertz CT molecular complexity index is 3010. The van der Waals surface area contributed by atoms with Crippen molar-refractivity contribution < 1.29 is 0 Å². The number of benzene rings is 9. The van der Waals surface area contributed by atoms with E-state index in [1.54, 1.807) is 0 Å². The minimum atomic E-state index is -0.214. The fraction of sp³-hybridized carbons (Fsp3) is 0.0612. The van der Waals surface area contributed by atoms with Crippen molar-refractivity contribution in [2.75, 3.05) is 0 Å². The van der Waals surface area contributed by atoms with Crippen LogP contribution in [0.3, 0.4) is 0 Å². The van der Waals surface area contributed by atoms with Gasteiger partial charge in [-0.2, -0.15) is 0 Å². The highest BCUT2D eigenvalue weighted by Crippen LogP contribution is 2.58. The normalized spacial score (nSPS) is 13.6. The fourth-order valence-corrected chi connectivity index (χ4v) is 10.7. The Balaban J connectivity index is 1.27. The molecule has 0 radical (unpaired) electrons. The van der Waals surface area contributed by atoms with Crippen molar-refractivity contribution >= 4 is 74.6 Å². The van der Waals surface area contributed by atoms with Crippen LogP contribution < -0.4 is 0 Å². The summed E-state index contributed by atoms with van der Waals surface area (Å²) in [6.45, 7) is 4.90. The Hall–Kier alpha value is -5.76. The topological polar surface area (TPSA) is 0 Å². The highest BCUT2D eigenvalue weighted by atomic mass is 32.1. The monoisotopic (exact) mass is 652 g/mol. The smallest absolute Gasteiger partial charge is 0.0434 e. The summed E-state index contributed by atoms with van der Waals surface area (Å²) in [5.74, 6) is 0. The van der Waals surface area contributed by atoms with E-state index in [9.17, 15) is 0 Å². The molecule has 234 valence electrons. The Labute approximate surface area is 294 Å². The maximum absolute atomic E-state index is 2.45. The Morgan fingerprint density at radius 2 is 0.720 bits per heavy atom. The van der Waals surface area contributed by atoms with Gasteiger partial charge >= 0.3 is 0 Å². The lowest BCUT2D eigenvalue weighted by Gasteiger charge is -2.27. The number of hydrogen-bond acceptors (Lipinski definition) is 1. The number of fused-ring (bicyclic) bond motifs is 13. The van der Waals surface area contributed by atoms with E-state index in [-0.39, 0.29) is 5.41 Å². The molecule has 0 nitrogen and oxygen atoms in total. The molecule has 1 aromatic heterocycles. The van der Waals surface area contributed by atoms with Gasteiger partial charge in [-0.3, -0.25) is 0 Å². The highest BCUT2D eigenvalue weighted by Gasteiger charge is 2.40. The van der Waals surface area contributed by atoms with E-state index in [4.69, 9.17) is 0 Å². The molecule has 9 aromatic carbocycles. The molecule has 0 spiro atoms. The molecule has 0 saturated heterocycles. The summed E-state index contributed by atoms with van der Waals surface area (Å²) in [5, 5.41) is 13.2. The van der Waals surface area contributed by atoms with E-state index in [2.05, 4.69) is 172 Å². The maximum Gasteiger partial charge on any atom is 0.0434 e. The molecule has 0 N–H and O–H groups in total. The Kier molecular flexibility index (Phi) is 5.70. The second-order valence-electron chi connectivity index (χ2n) is 14.3. The van der Waals surface area contributed by atoms with Crippen molar-refractivity contribution in [1.82, 2.24) is 0 Å². The van der Waals surface area contributed by atoms with Crippen LogP contribution in [0.25, 0.3) is 96.6 Å². The van der Waals surface area contributed by atoms with Crippen LogP contribution in [0.15, 0.2) is 158 Å². The van der Waals surface area contributed by atoms with Gasteiger partial charge in [0.15, 0.2) is 0 Å². The molecule has 1 heteroatoms. The molecule has 1 aliphatic carbocycles. The molecular weight excluding hydrogens is 621 g/mol. The van der Waals surface area contributed by atoms with Gasteiger partial charge < -0.3 is 0 Å². The molecular formula is C49H32S. The van der Waals surface area contributed by atoms with Gasteiger partial charge in [-0.25, -0.2) is 0 Å². The lowest BCUT2D eigenvalue weighted by molar-refractivity contribution is 0.668. The molecule has 50 heavy (non-hydrogen) atoms. The first kappa shape index (κ1) is 28.1. The predicted molar refractivity (Wildman–Crippen MR) is 218 cm³/mol. The lowest BCUT2D eigenvalue weighted by atomic mass is 9.75. The Morgan fingerprint density at radius 1 is 0.320 bits per heavy atom. The van der Waals surface area contributed by atoms with Crippen LogP contribution in [0.1, 0.15) is 25.0 Å². The average molecular weight is 653 g/mol. The van der Waals surface area contributed by atoms with Crippen LogP contribution in [0.5, 0.6) is 0 Å². The molecule has 0 saturated carbocycles. The van der Waals surface area contributed by atoms with E-state index < -0.39 is 0 Å². The van der Waals surface area contributed by atoms with Crippen molar-refractivity contribution in [3.05, 3.63) is 169 Å². The molecule has 0 fully saturated rings. The van der Waals surface area contributed by atoms with Crippen molar-refractivity contribution in [3.63, 3.8) is 0 Å². The highest BCUT2D eigenvalue weighted by molar-refractivity contribution is 7.26. The molecule has 1 heterocycles. The van der Waals surface area contributed by atoms with Gasteiger partial charge in [0.1, 0.15) is 0 Å². The van der Waals surface area contributed by atoms with Crippen LogP contribution in [-0.4, -0.2) is 0 Å². The second-order valence-corrected chi connectivity index (χ2v) is 15.4. The second kappa shape index (κ2) is 10.1. The zero-order valence-electron chi connectivity index (χ0n) is 27.9. The molecule has 1 aliphatic rings. The van der Waals surface area contributed by atoms with Crippen LogP contribution in [0, 0.1) is 0 Å². The minimum Gasteiger partial charge on any atom is -0.135 e. The van der Waals surface area contributed by atoms with Crippen LogP contribution in [0.2, 0.25) is 0 Å².